The zero-order valence-electron chi connectivity index (χ0n) is 14.9. The molecule has 7 nitrogen and oxygen atoms in total. The first-order valence-electron chi connectivity index (χ1n) is 8.02. The number of halogens is 5. The van der Waals surface area contributed by atoms with Gasteiger partial charge in [0.2, 0.25) is 0 Å². The third kappa shape index (κ3) is 3.96. The number of pyridine rings is 1. The van der Waals surface area contributed by atoms with E-state index in [-0.39, 0.29) is 25.8 Å². The molecule has 0 radical (unpaired) electrons. The molecule has 0 saturated heterocycles. The minimum Gasteiger partial charge on any atom is -0.421 e. The van der Waals surface area contributed by atoms with Crippen LogP contribution in [-0.2, 0) is 13.2 Å². The highest BCUT2D eigenvalue weighted by Gasteiger charge is 2.35. The van der Waals surface area contributed by atoms with E-state index in [1.54, 1.807) is 0 Å². The highest BCUT2D eigenvalue weighted by molar-refractivity contribution is 6.32. The van der Waals surface area contributed by atoms with E-state index in [0.717, 1.165) is 13.1 Å². The van der Waals surface area contributed by atoms with Gasteiger partial charge in [-0.3, -0.25) is 14.3 Å². The van der Waals surface area contributed by atoms with E-state index in [9.17, 15) is 31.9 Å². The number of aromatic nitrogens is 3. The Morgan fingerprint density at radius 2 is 1.90 bits per heavy atom. The molecule has 0 unspecified atom stereocenters. The van der Waals surface area contributed by atoms with Gasteiger partial charge < -0.3 is 4.74 Å². The highest BCUT2D eigenvalue weighted by atomic mass is 35.5. The Hall–Kier alpha value is -3.47. The predicted molar refractivity (Wildman–Crippen MR) is 96.4 cm³/mol. The van der Waals surface area contributed by atoms with Crippen molar-refractivity contribution >= 4 is 17.6 Å². The van der Waals surface area contributed by atoms with Crippen LogP contribution in [0.4, 0.5) is 17.6 Å². The number of nitrogens with zero attached hydrogens (tertiary/aromatic N) is 3. The fourth-order valence-corrected chi connectivity index (χ4v) is 2.72. The summed E-state index contributed by atoms with van der Waals surface area (Å²) in [6, 6.07) is 4.41. The Bertz CT molecular complexity index is 1250. The molecule has 0 aliphatic rings. The number of benzene rings is 1. The summed E-state index contributed by atoms with van der Waals surface area (Å²) in [5.74, 6) is -2.54. The zero-order chi connectivity index (χ0) is 22.2. The summed E-state index contributed by atoms with van der Waals surface area (Å²) in [4.78, 5) is 40.4. The lowest BCUT2D eigenvalue weighted by molar-refractivity contribution is -0.144. The van der Waals surface area contributed by atoms with E-state index in [4.69, 9.17) is 16.3 Å². The van der Waals surface area contributed by atoms with E-state index in [0.29, 0.717) is 6.07 Å². The summed E-state index contributed by atoms with van der Waals surface area (Å²) in [5, 5.41) is -0.370. The van der Waals surface area contributed by atoms with Gasteiger partial charge in [-0.2, -0.15) is 13.2 Å². The SMILES string of the molecule is Cn1c(C(F)(F)F)cc(=O)n(-c2cc(OC(=O)c3cccnc3)c(Cl)cc2F)c1=O. The van der Waals surface area contributed by atoms with Gasteiger partial charge in [-0.15, -0.1) is 0 Å². The first-order valence-corrected chi connectivity index (χ1v) is 8.40. The molecule has 0 aliphatic heterocycles. The Labute approximate surface area is 169 Å². The zero-order valence-corrected chi connectivity index (χ0v) is 15.7. The number of hydrogen-bond acceptors (Lipinski definition) is 5. The molecule has 0 N–H and O–H groups in total. The number of carbonyl (C=O) groups is 1. The molecule has 12 heteroatoms. The van der Waals surface area contributed by atoms with Gasteiger partial charge in [0, 0.05) is 31.6 Å². The molecule has 0 saturated carbocycles. The third-order valence-electron chi connectivity index (χ3n) is 3.95. The summed E-state index contributed by atoms with van der Waals surface area (Å²) in [5.41, 5.74) is -5.11. The van der Waals surface area contributed by atoms with E-state index < -0.39 is 46.3 Å². The van der Waals surface area contributed by atoms with Crippen LogP contribution in [-0.4, -0.2) is 20.1 Å². The summed E-state index contributed by atoms with van der Waals surface area (Å²) in [6.45, 7) is 0. The van der Waals surface area contributed by atoms with Gasteiger partial charge in [-0.1, -0.05) is 11.6 Å². The van der Waals surface area contributed by atoms with Crippen LogP contribution in [0.2, 0.25) is 5.02 Å². The van der Waals surface area contributed by atoms with Crippen molar-refractivity contribution in [1.29, 1.82) is 0 Å². The van der Waals surface area contributed by atoms with Crippen LogP contribution >= 0.6 is 11.6 Å². The summed E-state index contributed by atoms with van der Waals surface area (Å²) in [6.07, 6.45) is -2.38. The first-order chi connectivity index (χ1) is 14.0. The number of alkyl halides is 3. The average Bonchev–Trinajstić information content (AvgIpc) is 2.67. The predicted octanol–water partition coefficient (Wildman–Crippen LogP) is 2.96. The maximum Gasteiger partial charge on any atom is 0.431 e. The van der Waals surface area contributed by atoms with E-state index >= 15 is 0 Å². The first kappa shape index (κ1) is 21.2. The second-order valence-electron chi connectivity index (χ2n) is 5.91. The van der Waals surface area contributed by atoms with Crippen molar-refractivity contribution < 1.29 is 27.1 Å². The largest absolute Gasteiger partial charge is 0.431 e. The summed E-state index contributed by atoms with van der Waals surface area (Å²) in [7, 11) is 0.776. The molecule has 3 aromatic rings. The van der Waals surface area contributed by atoms with Crippen molar-refractivity contribution in [2.24, 2.45) is 7.05 Å². The average molecular weight is 444 g/mol. The molecule has 3 rings (SSSR count). The molecule has 0 fully saturated rings. The quantitative estimate of drug-likeness (QED) is 0.353. The fourth-order valence-electron chi connectivity index (χ4n) is 2.53. The van der Waals surface area contributed by atoms with Crippen molar-refractivity contribution in [3.05, 3.63) is 85.7 Å². The summed E-state index contributed by atoms with van der Waals surface area (Å²) >= 11 is 5.86. The van der Waals surface area contributed by atoms with Crippen molar-refractivity contribution in [2.75, 3.05) is 0 Å². The van der Waals surface area contributed by atoms with Crippen LogP contribution in [0, 0.1) is 5.82 Å². The third-order valence-corrected chi connectivity index (χ3v) is 4.25. The molecule has 156 valence electrons. The fraction of sp³-hybridized carbons (Fsp3) is 0.111. The van der Waals surface area contributed by atoms with Crippen LogP contribution in [0.1, 0.15) is 16.1 Å². The van der Waals surface area contributed by atoms with Gasteiger partial charge in [0.25, 0.3) is 5.56 Å². The number of esters is 1. The number of hydrogen-bond donors (Lipinski definition) is 0. The van der Waals surface area contributed by atoms with Crippen LogP contribution in [0.25, 0.3) is 5.69 Å². The summed E-state index contributed by atoms with van der Waals surface area (Å²) < 4.78 is 58.8. The minimum atomic E-state index is -4.98. The van der Waals surface area contributed by atoms with Gasteiger partial charge in [-0.05, 0) is 18.2 Å². The Morgan fingerprint density at radius 3 is 2.50 bits per heavy atom. The molecule has 0 amide bonds. The lowest BCUT2D eigenvalue weighted by Crippen LogP contribution is -2.41. The van der Waals surface area contributed by atoms with Gasteiger partial charge in [0.05, 0.1) is 16.3 Å². The van der Waals surface area contributed by atoms with Crippen LogP contribution in [0.15, 0.2) is 52.3 Å². The van der Waals surface area contributed by atoms with Crippen molar-refractivity contribution in [3.8, 4) is 11.4 Å². The molecule has 1 aromatic carbocycles. The van der Waals surface area contributed by atoms with Crippen molar-refractivity contribution in [3.63, 3.8) is 0 Å². The Balaban J connectivity index is 2.14. The number of rotatable bonds is 3. The monoisotopic (exact) mass is 443 g/mol. The standard InChI is InChI=1S/C18H10ClF4N3O4/c1-25-14(18(21,22)23)7-15(27)26(17(25)29)12-6-13(10(19)5-11(12)20)30-16(28)9-3-2-4-24-8-9/h2-8H,1H3. The van der Waals surface area contributed by atoms with Gasteiger partial charge in [0.15, 0.2) is 5.75 Å². The molecule has 0 atom stereocenters. The van der Waals surface area contributed by atoms with E-state index in [1.165, 1.54) is 24.5 Å². The molecule has 30 heavy (non-hydrogen) atoms. The van der Waals surface area contributed by atoms with E-state index in [2.05, 4.69) is 4.98 Å². The molecule has 0 aliphatic carbocycles. The molecule has 2 aromatic heterocycles. The maximum absolute atomic E-state index is 14.4. The van der Waals surface area contributed by atoms with Crippen LogP contribution in [0.3, 0.4) is 0 Å². The van der Waals surface area contributed by atoms with Gasteiger partial charge in [-0.25, -0.2) is 18.5 Å². The normalized spacial score (nSPS) is 11.4. The molecule has 2 heterocycles. The Morgan fingerprint density at radius 1 is 1.20 bits per heavy atom. The maximum atomic E-state index is 14.4. The lowest BCUT2D eigenvalue weighted by Gasteiger charge is -2.15. The molecule has 0 spiro atoms. The second-order valence-corrected chi connectivity index (χ2v) is 6.32. The van der Waals surface area contributed by atoms with Gasteiger partial charge in [0.1, 0.15) is 11.5 Å². The molecule has 0 bridgehead atoms. The topological polar surface area (TPSA) is 83.2 Å². The van der Waals surface area contributed by atoms with Crippen molar-refractivity contribution in [1.82, 2.24) is 14.1 Å². The van der Waals surface area contributed by atoms with E-state index in [1.807, 2.05) is 0 Å². The molecular weight excluding hydrogens is 434 g/mol. The Kier molecular flexibility index (Phi) is 5.49. The second kappa shape index (κ2) is 7.75. The van der Waals surface area contributed by atoms with Crippen LogP contribution in [0.5, 0.6) is 5.75 Å². The molecular formula is C18H10ClF4N3O4. The minimum absolute atomic E-state index is 0.0297. The number of ether oxygens (including phenoxy) is 1. The van der Waals surface area contributed by atoms with Crippen molar-refractivity contribution in [2.45, 2.75) is 6.18 Å². The highest BCUT2D eigenvalue weighted by Crippen LogP contribution is 2.30. The number of carbonyl (C=O) groups excluding carboxylic acids is 1. The lowest BCUT2D eigenvalue weighted by atomic mass is 10.2. The van der Waals surface area contributed by atoms with Gasteiger partial charge >= 0.3 is 17.8 Å². The van der Waals surface area contributed by atoms with Crippen LogP contribution < -0.4 is 16.0 Å². The smallest absolute Gasteiger partial charge is 0.421 e.